The molecule has 1 N–H and O–H groups in total. The number of ether oxygens (including phenoxy) is 10. The van der Waals surface area contributed by atoms with Crippen LogP contribution < -0.4 is 0 Å². The summed E-state index contributed by atoms with van der Waals surface area (Å²) in [5, 5.41) is 12.3. The summed E-state index contributed by atoms with van der Waals surface area (Å²) in [5.74, 6) is 0. The van der Waals surface area contributed by atoms with Crippen LogP contribution in [0.15, 0.2) is 121 Å². The molecule has 0 aromatic heterocycles. The highest BCUT2D eigenvalue weighted by Crippen LogP contribution is 2.35. The largest absolute Gasteiger partial charge is 0.387 e. The highest BCUT2D eigenvalue weighted by molar-refractivity contribution is 5.16. The van der Waals surface area contributed by atoms with Crippen LogP contribution in [0.3, 0.4) is 0 Å². The first-order valence-electron chi connectivity index (χ1n) is 21.1. The smallest absolute Gasteiger partial charge is 0.187 e. The first-order chi connectivity index (χ1) is 29.2. The summed E-state index contributed by atoms with van der Waals surface area (Å²) in [6, 6.07) is 39.8. The minimum absolute atomic E-state index is 0.220. The van der Waals surface area contributed by atoms with Crippen LogP contribution in [0.4, 0.5) is 0 Å². The van der Waals surface area contributed by atoms with E-state index in [9.17, 15) is 5.11 Å². The van der Waals surface area contributed by atoms with Gasteiger partial charge in [0.2, 0.25) is 0 Å². The topological polar surface area (TPSA) is 113 Å². The summed E-state index contributed by atoms with van der Waals surface area (Å²) in [7, 11) is 1.54. The Balaban J connectivity index is 1.23. The fraction of sp³-hybridized carbons (Fsp3) is 0.500. The Morgan fingerprint density at radius 1 is 0.475 bits per heavy atom. The second kappa shape index (κ2) is 23.4. The van der Waals surface area contributed by atoms with Crippen LogP contribution >= 0.6 is 0 Å². The maximum absolute atomic E-state index is 12.3. The lowest BCUT2D eigenvalue weighted by Gasteiger charge is -2.49. The predicted molar refractivity (Wildman–Crippen MR) is 220 cm³/mol. The molecule has 0 amide bonds. The van der Waals surface area contributed by atoms with E-state index in [-0.39, 0.29) is 33.0 Å². The maximum Gasteiger partial charge on any atom is 0.187 e. The molecule has 4 aromatic carbocycles. The van der Waals surface area contributed by atoms with Crippen molar-refractivity contribution in [3.05, 3.63) is 144 Å². The average molecular weight is 813 g/mol. The number of aliphatic hydroxyl groups is 1. The van der Waals surface area contributed by atoms with E-state index in [1.807, 2.05) is 121 Å². The molecule has 11 nitrogen and oxygen atoms in total. The zero-order chi connectivity index (χ0) is 40.5. The first kappa shape index (κ1) is 43.5. The quantitative estimate of drug-likeness (QED) is 0.148. The number of hydrogen-bond acceptors (Lipinski definition) is 11. The van der Waals surface area contributed by atoms with Crippen LogP contribution in [0.25, 0.3) is 0 Å². The van der Waals surface area contributed by atoms with Crippen molar-refractivity contribution in [2.75, 3.05) is 33.5 Å². The summed E-state index contributed by atoms with van der Waals surface area (Å²) in [6.45, 7) is 2.69. The summed E-state index contributed by atoms with van der Waals surface area (Å²) in [5.41, 5.74) is 3.93. The first-order valence-corrected chi connectivity index (χ1v) is 21.1. The van der Waals surface area contributed by atoms with Gasteiger partial charge in [0.05, 0.1) is 39.6 Å². The Morgan fingerprint density at radius 3 is 1.36 bits per heavy atom. The minimum atomic E-state index is -1.20. The lowest BCUT2D eigenvalue weighted by molar-refractivity contribution is -0.378. The van der Waals surface area contributed by atoms with Gasteiger partial charge in [0, 0.05) is 20.3 Å². The summed E-state index contributed by atoms with van der Waals surface area (Å²) < 4.78 is 65.8. The zero-order valence-electron chi connectivity index (χ0n) is 34.0. The van der Waals surface area contributed by atoms with Crippen molar-refractivity contribution in [1.82, 2.24) is 0 Å². The molecule has 11 heteroatoms. The van der Waals surface area contributed by atoms with Gasteiger partial charge in [-0.1, -0.05) is 141 Å². The summed E-state index contributed by atoms with van der Waals surface area (Å²) in [4.78, 5) is 0. The monoisotopic (exact) mass is 812 g/mol. The number of fused-ring (bicyclic) bond motifs is 12. The van der Waals surface area contributed by atoms with Crippen molar-refractivity contribution in [2.24, 2.45) is 0 Å². The molecule has 0 saturated carbocycles. The molecule has 4 saturated heterocycles. The highest BCUT2D eigenvalue weighted by atomic mass is 16.8. The van der Waals surface area contributed by atoms with Gasteiger partial charge in [-0.2, -0.15) is 0 Å². The third kappa shape index (κ3) is 12.7. The molecule has 8 rings (SSSR count). The summed E-state index contributed by atoms with van der Waals surface area (Å²) >= 11 is 0. The fourth-order valence-corrected chi connectivity index (χ4v) is 7.82. The van der Waals surface area contributed by atoms with E-state index in [1.54, 1.807) is 0 Å². The van der Waals surface area contributed by atoms with E-state index in [1.165, 1.54) is 7.11 Å². The fourth-order valence-electron chi connectivity index (χ4n) is 7.82. The van der Waals surface area contributed by atoms with Gasteiger partial charge >= 0.3 is 0 Å². The van der Waals surface area contributed by atoms with Gasteiger partial charge in [-0.25, -0.2) is 0 Å². The van der Waals surface area contributed by atoms with E-state index in [0.29, 0.717) is 19.8 Å². The van der Waals surface area contributed by atoms with Crippen molar-refractivity contribution in [3.8, 4) is 0 Å². The van der Waals surface area contributed by atoms with Crippen molar-refractivity contribution in [2.45, 2.75) is 120 Å². The van der Waals surface area contributed by atoms with Gasteiger partial charge in [0.1, 0.15) is 48.8 Å². The highest BCUT2D eigenvalue weighted by Gasteiger charge is 2.54. The van der Waals surface area contributed by atoms with E-state index >= 15 is 0 Å². The van der Waals surface area contributed by atoms with Crippen molar-refractivity contribution in [1.29, 1.82) is 0 Å². The van der Waals surface area contributed by atoms with E-state index in [2.05, 4.69) is 0 Å². The average Bonchev–Trinajstić information content (AvgIpc) is 3.28. The van der Waals surface area contributed by atoms with E-state index in [0.717, 1.165) is 54.4 Å². The molecule has 10 atom stereocenters. The molecule has 59 heavy (non-hydrogen) atoms. The Bertz CT molecular complexity index is 1720. The molecule has 0 radical (unpaired) electrons. The third-order valence-corrected chi connectivity index (χ3v) is 11.0. The molecule has 4 aromatic rings. The van der Waals surface area contributed by atoms with Crippen LogP contribution in [-0.4, -0.2) is 100 Å². The van der Waals surface area contributed by atoms with Crippen LogP contribution in [-0.2, 0) is 73.8 Å². The number of hydrogen-bond donors (Lipinski definition) is 1. The molecule has 4 aliphatic heterocycles. The van der Waals surface area contributed by atoms with E-state index in [4.69, 9.17) is 47.4 Å². The molecule has 4 fully saturated rings. The Labute approximate surface area is 348 Å². The van der Waals surface area contributed by atoms with Crippen molar-refractivity contribution in [3.63, 3.8) is 0 Å². The lowest BCUT2D eigenvalue weighted by atomic mass is 9.96. The minimum Gasteiger partial charge on any atom is -0.387 e. The molecule has 0 spiro atoms. The van der Waals surface area contributed by atoms with Gasteiger partial charge in [-0.3, -0.25) is 0 Å². The predicted octanol–water partition coefficient (Wildman–Crippen LogP) is 7.17. The lowest BCUT2D eigenvalue weighted by Crippen LogP contribution is -2.66. The standard InChI is InChI=1S/C48H60O11/c1-50-47-44-41(49)42(53-29-35-19-9-5-10-20-35)39(57-47)33-51-27-17-3-2-4-18-28-52-34-40-43(54-30-36-21-11-6-12-22-36)45(55-31-37-23-13-7-14-24-37)46(48(58-40)59-44)56-32-38-25-15-8-16-26-38/h5-16,19-26,39-49H,2-4,17-18,27-34H2,1H3/t39-,40-,41+,42-,43+,44+,45+,46-,47+,48-/m1/s1. The van der Waals surface area contributed by atoms with Crippen molar-refractivity contribution >= 4 is 0 Å². The Kier molecular flexibility index (Phi) is 17.3. The van der Waals surface area contributed by atoms with E-state index < -0.39 is 61.4 Å². The number of rotatable bonds is 13. The molecule has 4 bridgehead atoms. The summed E-state index contributed by atoms with van der Waals surface area (Å²) in [6.07, 6.45) is -3.56. The van der Waals surface area contributed by atoms with Crippen molar-refractivity contribution < 1.29 is 52.5 Å². The second-order valence-electron chi connectivity index (χ2n) is 15.4. The van der Waals surface area contributed by atoms with Gasteiger partial charge in [-0.05, 0) is 35.1 Å². The maximum atomic E-state index is 12.3. The molecule has 318 valence electrons. The Morgan fingerprint density at radius 2 is 0.881 bits per heavy atom. The van der Waals surface area contributed by atoms with Gasteiger partial charge < -0.3 is 52.5 Å². The van der Waals surface area contributed by atoms with Crippen LogP contribution in [0.1, 0.15) is 54.4 Å². The number of aliphatic hydroxyl groups excluding tert-OH is 1. The van der Waals surface area contributed by atoms with Gasteiger partial charge in [0.15, 0.2) is 12.6 Å². The van der Waals surface area contributed by atoms with Gasteiger partial charge in [-0.15, -0.1) is 0 Å². The number of methoxy groups -OCH3 is 1. The molecule has 4 heterocycles. The van der Waals surface area contributed by atoms with Crippen LogP contribution in [0.2, 0.25) is 0 Å². The third-order valence-electron chi connectivity index (χ3n) is 11.0. The SMILES string of the molecule is CO[C@H]1O[C@@H]2COCCCCCCCOC[C@H]3O[C@H](O[C@H]1[C@@H](O)[C@@H]2OCc1ccccc1)[C@H](OCc1ccccc1)[C@@H](OCc1ccccc1)[C@H]3OCc1ccccc1. The second-order valence-corrected chi connectivity index (χ2v) is 15.4. The molecular formula is C48H60O11. The molecule has 0 unspecified atom stereocenters. The molecular weight excluding hydrogens is 753 g/mol. The normalized spacial score (nSPS) is 29.9. The number of benzene rings is 4. The Hall–Kier alpha value is -3.56. The van der Waals surface area contributed by atoms with Crippen LogP contribution in [0.5, 0.6) is 0 Å². The van der Waals surface area contributed by atoms with Gasteiger partial charge in [0.25, 0.3) is 0 Å². The molecule has 0 aliphatic carbocycles. The van der Waals surface area contributed by atoms with Crippen LogP contribution in [0, 0.1) is 0 Å². The molecule has 4 aliphatic rings. The zero-order valence-corrected chi connectivity index (χ0v) is 34.0.